The minimum Gasteiger partial charge on any atom is -0.325 e. The van der Waals surface area contributed by atoms with Crippen molar-refractivity contribution in [2.75, 3.05) is 13.6 Å². The second-order valence-corrected chi connectivity index (χ2v) is 4.98. The van der Waals surface area contributed by atoms with Crippen LogP contribution >= 0.6 is 0 Å². The third-order valence-electron chi connectivity index (χ3n) is 3.17. The summed E-state index contributed by atoms with van der Waals surface area (Å²) in [6, 6.07) is 10.6. The molecule has 0 radical (unpaired) electrons. The number of hydrogen-bond acceptors (Lipinski definition) is 2. The summed E-state index contributed by atoms with van der Waals surface area (Å²) in [5, 5.41) is 0. The van der Waals surface area contributed by atoms with Gasteiger partial charge in [0.2, 0.25) is 0 Å². The van der Waals surface area contributed by atoms with E-state index in [-0.39, 0.29) is 5.54 Å². The van der Waals surface area contributed by atoms with Crippen molar-refractivity contribution in [1.82, 2.24) is 4.90 Å². The van der Waals surface area contributed by atoms with Gasteiger partial charge in [0.1, 0.15) is 0 Å². The van der Waals surface area contributed by atoms with Crippen molar-refractivity contribution in [2.45, 2.75) is 38.8 Å². The predicted molar refractivity (Wildman–Crippen MR) is 70.3 cm³/mol. The summed E-state index contributed by atoms with van der Waals surface area (Å²) in [5.74, 6) is 0. The maximum atomic E-state index is 6.13. The van der Waals surface area contributed by atoms with Crippen molar-refractivity contribution >= 4 is 0 Å². The average molecular weight is 220 g/mol. The van der Waals surface area contributed by atoms with Crippen LogP contribution in [-0.2, 0) is 6.54 Å². The summed E-state index contributed by atoms with van der Waals surface area (Å²) in [7, 11) is 2.15. The van der Waals surface area contributed by atoms with E-state index in [2.05, 4.69) is 56.1 Å². The van der Waals surface area contributed by atoms with Crippen LogP contribution in [0.3, 0.4) is 0 Å². The van der Waals surface area contributed by atoms with E-state index in [1.54, 1.807) is 0 Å². The van der Waals surface area contributed by atoms with Gasteiger partial charge in [0.25, 0.3) is 0 Å². The lowest BCUT2D eigenvalue weighted by atomic mass is 9.96. The van der Waals surface area contributed by atoms with Crippen molar-refractivity contribution < 1.29 is 0 Å². The molecule has 1 aromatic carbocycles. The highest BCUT2D eigenvalue weighted by atomic mass is 15.1. The number of nitrogens with zero attached hydrogens (tertiary/aromatic N) is 1. The SMILES string of the molecule is CCC(C)(N)CCN(C)Cc1ccccc1. The molecule has 0 spiro atoms. The Bertz CT molecular complexity index is 293. The molecule has 0 saturated heterocycles. The van der Waals surface area contributed by atoms with Crippen molar-refractivity contribution in [1.29, 1.82) is 0 Å². The number of nitrogens with two attached hydrogens (primary N) is 1. The van der Waals surface area contributed by atoms with Gasteiger partial charge in [-0.1, -0.05) is 37.3 Å². The normalized spacial score (nSPS) is 15.1. The Kier molecular flexibility index (Phi) is 4.97. The molecule has 0 aliphatic rings. The molecule has 90 valence electrons. The summed E-state index contributed by atoms with van der Waals surface area (Å²) in [4.78, 5) is 2.33. The Balaban J connectivity index is 2.34. The molecule has 0 heterocycles. The van der Waals surface area contributed by atoms with E-state index in [4.69, 9.17) is 5.73 Å². The van der Waals surface area contributed by atoms with Gasteiger partial charge in [-0.05, 0) is 38.9 Å². The highest BCUT2D eigenvalue weighted by molar-refractivity contribution is 5.14. The van der Waals surface area contributed by atoms with Gasteiger partial charge in [0.15, 0.2) is 0 Å². The standard InChI is InChI=1S/C14H24N2/c1-4-14(2,15)10-11-16(3)12-13-8-6-5-7-9-13/h5-9H,4,10-12,15H2,1-3H3. The Morgan fingerprint density at radius 1 is 1.25 bits per heavy atom. The van der Waals surface area contributed by atoms with Gasteiger partial charge < -0.3 is 10.6 Å². The van der Waals surface area contributed by atoms with Crippen LogP contribution in [0.1, 0.15) is 32.3 Å². The van der Waals surface area contributed by atoms with Gasteiger partial charge in [-0.2, -0.15) is 0 Å². The van der Waals surface area contributed by atoms with Crippen LogP contribution in [0.4, 0.5) is 0 Å². The van der Waals surface area contributed by atoms with Gasteiger partial charge in [-0.25, -0.2) is 0 Å². The van der Waals surface area contributed by atoms with Gasteiger partial charge in [0.05, 0.1) is 0 Å². The third kappa shape index (κ3) is 4.77. The van der Waals surface area contributed by atoms with Gasteiger partial charge in [-0.3, -0.25) is 0 Å². The van der Waals surface area contributed by atoms with E-state index >= 15 is 0 Å². The van der Waals surface area contributed by atoms with E-state index in [0.717, 1.165) is 25.9 Å². The molecule has 0 amide bonds. The lowest BCUT2D eigenvalue weighted by molar-refractivity contribution is 0.277. The summed E-state index contributed by atoms with van der Waals surface area (Å²) >= 11 is 0. The number of benzene rings is 1. The van der Waals surface area contributed by atoms with E-state index in [1.165, 1.54) is 5.56 Å². The largest absolute Gasteiger partial charge is 0.325 e. The fourth-order valence-electron chi connectivity index (χ4n) is 1.60. The number of hydrogen-bond donors (Lipinski definition) is 1. The zero-order chi connectivity index (χ0) is 12.0. The van der Waals surface area contributed by atoms with Crippen molar-refractivity contribution in [3.8, 4) is 0 Å². The van der Waals surface area contributed by atoms with Crippen LogP contribution in [-0.4, -0.2) is 24.0 Å². The van der Waals surface area contributed by atoms with E-state index in [0.29, 0.717) is 0 Å². The molecule has 0 aromatic heterocycles. The first-order valence-electron chi connectivity index (χ1n) is 6.05. The van der Waals surface area contributed by atoms with E-state index in [1.807, 2.05) is 0 Å². The third-order valence-corrected chi connectivity index (χ3v) is 3.17. The first-order chi connectivity index (χ1) is 7.53. The fourth-order valence-corrected chi connectivity index (χ4v) is 1.60. The topological polar surface area (TPSA) is 29.3 Å². The molecule has 16 heavy (non-hydrogen) atoms. The highest BCUT2D eigenvalue weighted by Gasteiger charge is 2.15. The van der Waals surface area contributed by atoms with Crippen LogP contribution in [0.2, 0.25) is 0 Å². The molecule has 1 unspecified atom stereocenters. The first-order valence-corrected chi connectivity index (χ1v) is 6.05. The second kappa shape index (κ2) is 6.02. The highest BCUT2D eigenvalue weighted by Crippen LogP contribution is 2.11. The minimum absolute atomic E-state index is 0.0229. The van der Waals surface area contributed by atoms with Gasteiger partial charge in [0, 0.05) is 12.1 Å². The monoisotopic (exact) mass is 220 g/mol. The van der Waals surface area contributed by atoms with Crippen LogP contribution < -0.4 is 5.73 Å². The van der Waals surface area contributed by atoms with Crippen LogP contribution in [0, 0.1) is 0 Å². The molecule has 0 bridgehead atoms. The quantitative estimate of drug-likeness (QED) is 0.798. The lowest BCUT2D eigenvalue weighted by Crippen LogP contribution is -2.38. The maximum absolute atomic E-state index is 6.13. The predicted octanol–water partition coefficient (Wildman–Crippen LogP) is 2.64. The molecule has 1 rings (SSSR count). The van der Waals surface area contributed by atoms with Crippen molar-refractivity contribution in [2.24, 2.45) is 5.73 Å². The van der Waals surface area contributed by atoms with E-state index in [9.17, 15) is 0 Å². The van der Waals surface area contributed by atoms with Crippen LogP contribution in [0.5, 0.6) is 0 Å². The second-order valence-electron chi connectivity index (χ2n) is 4.98. The smallest absolute Gasteiger partial charge is 0.0230 e. The first kappa shape index (κ1) is 13.2. The fraction of sp³-hybridized carbons (Fsp3) is 0.571. The minimum atomic E-state index is -0.0229. The summed E-state index contributed by atoms with van der Waals surface area (Å²) in [6.07, 6.45) is 2.08. The Morgan fingerprint density at radius 3 is 2.44 bits per heavy atom. The summed E-state index contributed by atoms with van der Waals surface area (Å²) in [6.45, 7) is 6.33. The molecular formula is C14H24N2. The molecule has 2 nitrogen and oxygen atoms in total. The van der Waals surface area contributed by atoms with E-state index < -0.39 is 0 Å². The molecule has 2 heteroatoms. The van der Waals surface area contributed by atoms with Crippen molar-refractivity contribution in [3.05, 3.63) is 35.9 Å². The maximum Gasteiger partial charge on any atom is 0.0230 e. The average Bonchev–Trinajstić information content (AvgIpc) is 2.28. The zero-order valence-corrected chi connectivity index (χ0v) is 10.7. The van der Waals surface area contributed by atoms with Gasteiger partial charge >= 0.3 is 0 Å². The molecular weight excluding hydrogens is 196 g/mol. The molecule has 0 fully saturated rings. The Labute approximate surface area is 99.5 Å². The van der Waals surface area contributed by atoms with Crippen LogP contribution in [0.25, 0.3) is 0 Å². The summed E-state index contributed by atoms with van der Waals surface area (Å²) in [5.41, 5.74) is 7.47. The van der Waals surface area contributed by atoms with Crippen LogP contribution in [0.15, 0.2) is 30.3 Å². The molecule has 1 aromatic rings. The Hall–Kier alpha value is -0.860. The molecule has 1 atom stereocenters. The molecule has 2 N–H and O–H groups in total. The van der Waals surface area contributed by atoms with Crippen molar-refractivity contribution in [3.63, 3.8) is 0 Å². The number of rotatable bonds is 6. The lowest BCUT2D eigenvalue weighted by Gasteiger charge is -2.26. The summed E-state index contributed by atoms with van der Waals surface area (Å²) < 4.78 is 0. The zero-order valence-electron chi connectivity index (χ0n) is 10.7. The molecule has 0 aliphatic carbocycles. The Morgan fingerprint density at radius 2 is 1.88 bits per heavy atom. The van der Waals surface area contributed by atoms with Gasteiger partial charge in [-0.15, -0.1) is 0 Å². The molecule has 0 aliphatic heterocycles. The molecule has 0 saturated carbocycles.